The van der Waals surface area contributed by atoms with Crippen molar-refractivity contribution in [1.29, 1.82) is 0 Å². The first kappa shape index (κ1) is 11.2. The smallest absolute Gasteiger partial charge is 0.0800 e. The highest BCUT2D eigenvalue weighted by Gasteiger charge is 2.09. The van der Waals surface area contributed by atoms with Gasteiger partial charge in [0.25, 0.3) is 0 Å². The molecule has 78 valence electrons. The molecule has 14 heavy (non-hydrogen) atoms. The summed E-state index contributed by atoms with van der Waals surface area (Å²) in [6, 6.07) is 10.2. The third-order valence-electron chi connectivity index (χ3n) is 2.28. The van der Waals surface area contributed by atoms with Crippen LogP contribution in [0.1, 0.15) is 31.9 Å². The Morgan fingerprint density at radius 2 is 1.86 bits per heavy atom. The highest BCUT2D eigenvalue weighted by atomic mass is 16.5. The molecule has 0 spiro atoms. The Morgan fingerprint density at radius 3 is 2.43 bits per heavy atom. The van der Waals surface area contributed by atoms with Gasteiger partial charge in [-0.1, -0.05) is 30.3 Å². The van der Waals surface area contributed by atoms with Crippen molar-refractivity contribution in [3.63, 3.8) is 0 Å². The molecule has 2 atom stereocenters. The van der Waals surface area contributed by atoms with Crippen molar-refractivity contribution in [2.24, 2.45) is 5.73 Å². The van der Waals surface area contributed by atoms with Crippen molar-refractivity contribution >= 4 is 0 Å². The maximum absolute atomic E-state index is 5.80. The molecule has 0 heterocycles. The largest absolute Gasteiger partial charge is 0.371 e. The van der Waals surface area contributed by atoms with Crippen LogP contribution in [0.15, 0.2) is 30.3 Å². The van der Waals surface area contributed by atoms with Crippen LogP contribution < -0.4 is 5.73 Å². The molecule has 0 saturated carbocycles. The van der Waals surface area contributed by atoms with Crippen LogP contribution in [0.3, 0.4) is 0 Å². The monoisotopic (exact) mass is 193 g/mol. The molecule has 0 aromatic heterocycles. The van der Waals surface area contributed by atoms with E-state index in [0.29, 0.717) is 6.54 Å². The van der Waals surface area contributed by atoms with Crippen LogP contribution in [0, 0.1) is 0 Å². The van der Waals surface area contributed by atoms with Gasteiger partial charge in [0.05, 0.1) is 12.2 Å². The van der Waals surface area contributed by atoms with E-state index in [1.807, 2.05) is 18.2 Å². The molecule has 2 N–H and O–H groups in total. The van der Waals surface area contributed by atoms with Gasteiger partial charge < -0.3 is 10.5 Å². The van der Waals surface area contributed by atoms with Crippen LogP contribution in [0.5, 0.6) is 0 Å². The Bertz CT molecular complexity index is 248. The van der Waals surface area contributed by atoms with Gasteiger partial charge >= 0.3 is 0 Å². The molecule has 0 radical (unpaired) electrons. The quantitative estimate of drug-likeness (QED) is 0.779. The highest BCUT2D eigenvalue weighted by molar-refractivity contribution is 5.16. The summed E-state index contributed by atoms with van der Waals surface area (Å²) in [6.45, 7) is 4.82. The first-order chi connectivity index (χ1) is 6.74. The third kappa shape index (κ3) is 3.48. The lowest BCUT2D eigenvalue weighted by Crippen LogP contribution is -2.16. The molecule has 0 saturated heterocycles. The Balaban J connectivity index is 2.46. The van der Waals surface area contributed by atoms with Gasteiger partial charge in [-0.15, -0.1) is 0 Å². The first-order valence-electron chi connectivity index (χ1n) is 5.14. The molecule has 2 nitrogen and oxygen atoms in total. The molecule has 0 aliphatic heterocycles. The van der Waals surface area contributed by atoms with Crippen LogP contribution in [0.2, 0.25) is 0 Å². The van der Waals surface area contributed by atoms with Crippen molar-refractivity contribution < 1.29 is 4.74 Å². The van der Waals surface area contributed by atoms with Crippen LogP contribution >= 0.6 is 0 Å². The predicted molar refractivity (Wildman–Crippen MR) is 59.1 cm³/mol. The van der Waals surface area contributed by atoms with Crippen molar-refractivity contribution in [3.05, 3.63) is 35.9 Å². The molecule has 1 aromatic rings. The van der Waals surface area contributed by atoms with Crippen molar-refractivity contribution in [2.45, 2.75) is 32.5 Å². The molecule has 1 rings (SSSR count). The van der Waals surface area contributed by atoms with Crippen molar-refractivity contribution in [2.75, 3.05) is 6.54 Å². The highest BCUT2D eigenvalue weighted by Crippen LogP contribution is 2.18. The lowest BCUT2D eigenvalue weighted by Gasteiger charge is -2.18. The zero-order chi connectivity index (χ0) is 10.4. The van der Waals surface area contributed by atoms with E-state index < -0.39 is 0 Å². The third-order valence-corrected chi connectivity index (χ3v) is 2.28. The van der Waals surface area contributed by atoms with E-state index >= 15 is 0 Å². The Kier molecular flexibility index (Phi) is 4.63. The standard InChI is InChI=1S/C12H19NO/c1-10(8-9-13)14-11(2)12-6-4-3-5-7-12/h3-7,10-11H,8-9,13H2,1-2H3. The number of rotatable bonds is 5. The molecule has 0 aliphatic rings. The van der Waals surface area contributed by atoms with E-state index in [1.165, 1.54) is 5.56 Å². The van der Waals surface area contributed by atoms with Gasteiger partial charge in [-0.25, -0.2) is 0 Å². The maximum Gasteiger partial charge on any atom is 0.0800 e. The molecular formula is C12H19NO. The van der Waals surface area contributed by atoms with Crippen molar-refractivity contribution in [3.8, 4) is 0 Å². The minimum atomic E-state index is 0.151. The number of hydrogen-bond donors (Lipinski definition) is 1. The van der Waals surface area contributed by atoms with E-state index in [4.69, 9.17) is 10.5 Å². The average molecular weight is 193 g/mol. The molecule has 0 bridgehead atoms. The van der Waals surface area contributed by atoms with Gasteiger partial charge in [-0.2, -0.15) is 0 Å². The summed E-state index contributed by atoms with van der Waals surface area (Å²) >= 11 is 0. The van der Waals surface area contributed by atoms with E-state index in [2.05, 4.69) is 26.0 Å². The van der Waals surface area contributed by atoms with Gasteiger partial charge in [0.2, 0.25) is 0 Å². The topological polar surface area (TPSA) is 35.2 Å². The van der Waals surface area contributed by atoms with E-state index in [0.717, 1.165) is 6.42 Å². The Labute approximate surface area is 86.1 Å². The SMILES string of the molecule is CC(CCN)OC(C)c1ccccc1. The molecule has 1 aromatic carbocycles. The second-order valence-corrected chi connectivity index (χ2v) is 3.58. The summed E-state index contributed by atoms with van der Waals surface area (Å²) in [5.41, 5.74) is 6.68. The first-order valence-corrected chi connectivity index (χ1v) is 5.14. The minimum Gasteiger partial charge on any atom is -0.371 e. The van der Waals surface area contributed by atoms with Gasteiger partial charge in [0.1, 0.15) is 0 Å². The summed E-state index contributed by atoms with van der Waals surface area (Å²) in [4.78, 5) is 0. The summed E-state index contributed by atoms with van der Waals surface area (Å²) in [6.07, 6.45) is 1.30. The summed E-state index contributed by atoms with van der Waals surface area (Å²) in [5.74, 6) is 0. The predicted octanol–water partition coefficient (Wildman–Crippen LogP) is 2.50. The molecular weight excluding hydrogens is 174 g/mol. The van der Waals surface area contributed by atoms with Crippen LogP contribution in [-0.4, -0.2) is 12.6 Å². The number of nitrogens with two attached hydrogens (primary N) is 1. The zero-order valence-electron chi connectivity index (χ0n) is 8.94. The summed E-state index contributed by atoms with van der Waals surface area (Å²) < 4.78 is 5.80. The molecule has 0 aliphatic carbocycles. The van der Waals surface area contributed by atoms with E-state index in [9.17, 15) is 0 Å². The second-order valence-electron chi connectivity index (χ2n) is 3.58. The molecule has 2 unspecified atom stereocenters. The van der Waals surface area contributed by atoms with Gasteiger partial charge in [-0.3, -0.25) is 0 Å². The second kappa shape index (κ2) is 5.78. The van der Waals surface area contributed by atoms with Gasteiger partial charge in [0, 0.05) is 0 Å². The average Bonchev–Trinajstić information content (AvgIpc) is 2.19. The number of ether oxygens (including phenoxy) is 1. The summed E-state index contributed by atoms with van der Waals surface area (Å²) in [5, 5.41) is 0. The minimum absolute atomic E-state index is 0.151. The lowest BCUT2D eigenvalue weighted by atomic mass is 10.1. The van der Waals surface area contributed by atoms with Crippen LogP contribution in [0.4, 0.5) is 0 Å². The fraction of sp³-hybridized carbons (Fsp3) is 0.500. The van der Waals surface area contributed by atoms with E-state index in [-0.39, 0.29) is 12.2 Å². The van der Waals surface area contributed by atoms with Crippen LogP contribution in [0.25, 0.3) is 0 Å². The fourth-order valence-electron chi connectivity index (χ4n) is 1.45. The number of hydrogen-bond acceptors (Lipinski definition) is 2. The molecule has 2 heteroatoms. The lowest BCUT2D eigenvalue weighted by molar-refractivity contribution is 0.00425. The number of benzene rings is 1. The van der Waals surface area contributed by atoms with Gasteiger partial charge in [0.15, 0.2) is 0 Å². The fourth-order valence-corrected chi connectivity index (χ4v) is 1.45. The molecule has 0 fully saturated rings. The van der Waals surface area contributed by atoms with Crippen LogP contribution in [-0.2, 0) is 4.74 Å². The van der Waals surface area contributed by atoms with E-state index in [1.54, 1.807) is 0 Å². The molecule has 0 amide bonds. The normalized spacial score (nSPS) is 15.1. The Morgan fingerprint density at radius 1 is 1.21 bits per heavy atom. The summed E-state index contributed by atoms with van der Waals surface area (Å²) in [7, 11) is 0. The zero-order valence-corrected chi connectivity index (χ0v) is 8.94. The Hall–Kier alpha value is -0.860. The van der Waals surface area contributed by atoms with Gasteiger partial charge in [-0.05, 0) is 32.4 Å². The van der Waals surface area contributed by atoms with Crippen molar-refractivity contribution in [1.82, 2.24) is 0 Å². The maximum atomic E-state index is 5.80.